The summed E-state index contributed by atoms with van der Waals surface area (Å²) in [5.74, 6) is -3.03. The highest BCUT2D eigenvalue weighted by molar-refractivity contribution is 7.80. The van der Waals surface area contributed by atoms with Crippen LogP contribution in [0.15, 0.2) is 0 Å². The maximum absolute atomic E-state index is 12.1. The van der Waals surface area contributed by atoms with Gasteiger partial charge < -0.3 is 27.2 Å². The van der Waals surface area contributed by atoms with Crippen LogP contribution in [0.5, 0.6) is 0 Å². The van der Waals surface area contributed by atoms with Gasteiger partial charge in [-0.1, -0.05) is 13.8 Å². The van der Waals surface area contributed by atoms with Gasteiger partial charge in [-0.05, 0) is 18.8 Å². The number of carboxylic acid groups (broad SMARTS) is 1. The molecular formula is C14H26N4O5S. The van der Waals surface area contributed by atoms with Crippen molar-refractivity contribution in [1.29, 1.82) is 0 Å². The molecule has 0 heterocycles. The van der Waals surface area contributed by atoms with E-state index in [0.29, 0.717) is 6.42 Å². The van der Waals surface area contributed by atoms with Gasteiger partial charge >= 0.3 is 5.97 Å². The van der Waals surface area contributed by atoms with Crippen molar-refractivity contribution in [2.45, 2.75) is 51.2 Å². The number of thiol groups is 1. The van der Waals surface area contributed by atoms with Crippen LogP contribution < -0.4 is 22.1 Å². The lowest BCUT2D eigenvalue weighted by molar-refractivity contribution is -0.142. The van der Waals surface area contributed by atoms with E-state index in [0.717, 1.165) is 0 Å². The van der Waals surface area contributed by atoms with Crippen LogP contribution in [0.3, 0.4) is 0 Å². The lowest BCUT2D eigenvalue weighted by atomic mass is 10.0. The first-order chi connectivity index (χ1) is 11.1. The summed E-state index contributed by atoms with van der Waals surface area (Å²) in [5, 5.41) is 13.8. The molecule has 0 fully saturated rings. The zero-order chi connectivity index (χ0) is 18.9. The number of hydrogen-bond donors (Lipinski definition) is 6. The second kappa shape index (κ2) is 10.9. The topological polar surface area (TPSA) is 165 Å². The molecule has 0 radical (unpaired) electrons. The Morgan fingerprint density at radius 1 is 1.08 bits per heavy atom. The molecule has 0 bridgehead atoms. The molecule has 10 heteroatoms. The van der Waals surface area contributed by atoms with Crippen LogP contribution in [0.2, 0.25) is 0 Å². The Hall–Kier alpha value is -1.81. The van der Waals surface area contributed by atoms with Gasteiger partial charge in [0.2, 0.25) is 17.7 Å². The average Bonchev–Trinajstić information content (AvgIpc) is 2.47. The first-order valence-corrected chi connectivity index (χ1v) is 8.20. The van der Waals surface area contributed by atoms with Gasteiger partial charge in [0.15, 0.2) is 0 Å². The van der Waals surface area contributed by atoms with E-state index in [-0.39, 0.29) is 24.5 Å². The highest BCUT2D eigenvalue weighted by Crippen LogP contribution is 2.04. The number of nitrogens with one attached hydrogen (secondary N) is 2. The molecule has 0 aromatic rings. The largest absolute Gasteiger partial charge is 0.480 e. The molecule has 0 aliphatic rings. The van der Waals surface area contributed by atoms with E-state index in [1.54, 1.807) is 0 Å². The van der Waals surface area contributed by atoms with Crippen LogP contribution in [0.1, 0.15) is 33.1 Å². The van der Waals surface area contributed by atoms with Crippen molar-refractivity contribution in [3.63, 3.8) is 0 Å². The van der Waals surface area contributed by atoms with Crippen molar-refractivity contribution in [2.75, 3.05) is 5.75 Å². The zero-order valence-electron chi connectivity index (χ0n) is 13.8. The Kier molecular flexibility index (Phi) is 10.0. The van der Waals surface area contributed by atoms with Gasteiger partial charge in [-0.15, -0.1) is 0 Å². The maximum Gasteiger partial charge on any atom is 0.326 e. The van der Waals surface area contributed by atoms with Crippen LogP contribution >= 0.6 is 12.6 Å². The van der Waals surface area contributed by atoms with E-state index in [2.05, 4.69) is 23.3 Å². The van der Waals surface area contributed by atoms with E-state index in [1.165, 1.54) is 0 Å². The molecule has 0 saturated heterocycles. The van der Waals surface area contributed by atoms with Crippen LogP contribution in [0.25, 0.3) is 0 Å². The monoisotopic (exact) mass is 362 g/mol. The van der Waals surface area contributed by atoms with Crippen molar-refractivity contribution in [1.82, 2.24) is 10.6 Å². The highest BCUT2D eigenvalue weighted by Gasteiger charge is 2.27. The molecule has 3 amide bonds. The van der Waals surface area contributed by atoms with Crippen molar-refractivity contribution in [3.05, 3.63) is 0 Å². The molecule has 0 saturated carbocycles. The lowest BCUT2D eigenvalue weighted by Crippen LogP contribution is -2.55. The number of aliphatic carboxylic acids is 1. The third-order valence-electron chi connectivity index (χ3n) is 3.17. The molecule has 0 aliphatic heterocycles. The standard InChI is InChI=1S/C14H26N4O5S/c1-7(2)5-8(15)12(20)18-10(6-24)13(21)17-9(14(22)23)3-4-11(16)19/h7-10,24H,3-6,15H2,1-2H3,(H2,16,19)(H,17,21)(H,18,20)(H,22,23)/t8-,9-,10-/m0/s1. The Labute approximate surface area is 146 Å². The summed E-state index contributed by atoms with van der Waals surface area (Å²) in [6.45, 7) is 3.82. The average molecular weight is 362 g/mol. The third-order valence-corrected chi connectivity index (χ3v) is 3.54. The molecule has 138 valence electrons. The fraction of sp³-hybridized carbons (Fsp3) is 0.714. The van der Waals surface area contributed by atoms with Crippen molar-refractivity contribution in [2.24, 2.45) is 17.4 Å². The van der Waals surface area contributed by atoms with E-state index < -0.39 is 41.8 Å². The molecule has 0 spiro atoms. The number of primary amides is 1. The fourth-order valence-electron chi connectivity index (χ4n) is 1.90. The summed E-state index contributed by atoms with van der Waals surface area (Å²) in [5.41, 5.74) is 10.7. The van der Waals surface area contributed by atoms with Crippen LogP contribution in [-0.2, 0) is 19.2 Å². The van der Waals surface area contributed by atoms with Crippen LogP contribution in [0.4, 0.5) is 0 Å². The Bertz CT molecular complexity index is 472. The number of rotatable bonds is 11. The quantitative estimate of drug-likeness (QED) is 0.248. The van der Waals surface area contributed by atoms with E-state index in [4.69, 9.17) is 16.6 Å². The van der Waals surface area contributed by atoms with E-state index >= 15 is 0 Å². The molecule has 9 nitrogen and oxygen atoms in total. The van der Waals surface area contributed by atoms with Gasteiger partial charge in [-0.3, -0.25) is 14.4 Å². The maximum atomic E-state index is 12.1. The summed E-state index contributed by atoms with van der Waals surface area (Å²) < 4.78 is 0. The van der Waals surface area contributed by atoms with Gasteiger partial charge in [-0.2, -0.15) is 12.6 Å². The zero-order valence-corrected chi connectivity index (χ0v) is 14.7. The SMILES string of the molecule is CC(C)C[C@H](N)C(=O)N[C@@H](CS)C(=O)N[C@@H](CCC(N)=O)C(=O)O. The molecule has 24 heavy (non-hydrogen) atoms. The van der Waals surface area contributed by atoms with Gasteiger partial charge in [0.25, 0.3) is 0 Å². The van der Waals surface area contributed by atoms with Gasteiger partial charge in [-0.25, -0.2) is 4.79 Å². The molecule has 7 N–H and O–H groups in total. The molecule has 0 aromatic carbocycles. The molecular weight excluding hydrogens is 336 g/mol. The predicted octanol–water partition coefficient (Wildman–Crippen LogP) is -1.39. The van der Waals surface area contributed by atoms with E-state index in [1.807, 2.05) is 13.8 Å². The molecule has 0 aliphatic carbocycles. The minimum atomic E-state index is -1.30. The third kappa shape index (κ3) is 8.73. The molecule has 0 unspecified atom stereocenters. The van der Waals surface area contributed by atoms with E-state index in [9.17, 15) is 19.2 Å². The molecule has 0 aromatic heterocycles. The van der Waals surface area contributed by atoms with Crippen LogP contribution in [0, 0.1) is 5.92 Å². The Morgan fingerprint density at radius 3 is 2.04 bits per heavy atom. The lowest BCUT2D eigenvalue weighted by Gasteiger charge is -2.22. The number of amides is 3. The van der Waals surface area contributed by atoms with Gasteiger partial charge in [0, 0.05) is 12.2 Å². The van der Waals surface area contributed by atoms with Crippen molar-refractivity contribution in [3.8, 4) is 0 Å². The number of nitrogens with two attached hydrogens (primary N) is 2. The minimum absolute atomic E-state index is 0.0336. The second-order valence-electron chi connectivity index (χ2n) is 5.88. The summed E-state index contributed by atoms with van der Waals surface area (Å²) in [4.78, 5) is 45.9. The number of carbonyl (C=O) groups excluding carboxylic acids is 3. The van der Waals surface area contributed by atoms with Crippen molar-refractivity contribution < 1.29 is 24.3 Å². The van der Waals surface area contributed by atoms with Crippen LogP contribution in [-0.4, -0.2) is 52.7 Å². The fourth-order valence-corrected chi connectivity index (χ4v) is 2.16. The summed E-state index contributed by atoms with van der Waals surface area (Å²) >= 11 is 3.99. The normalized spacial score (nSPS) is 14.5. The van der Waals surface area contributed by atoms with Gasteiger partial charge in [0.05, 0.1) is 6.04 Å². The summed E-state index contributed by atoms with van der Waals surface area (Å²) in [6, 6.07) is -3.09. The smallest absolute Gasteiger partial charge is 0.326 e. The number of carbonyl (C=O) groups is 4. The molecule has 0 rings (SSSR count). The highest BCUT2D eigenvalue weighted by atomic mass is 32.1. The van der Waals surface area contributed by atoms with Gasteiger partial charge in [0.1, 0.15) is 12.1 Å². The second-order valence-corrected chi connectivity index (χ2v) is 6.25. The molecule has 3 atom stereocenters. The summed E-state index contributed by atoms with van der Waals surface area (Å²) in [6.07, 6.45) is 0.119. The first kappa shape index (κ1) is 22.2. The number of hydrogen-bond acceptors (Lipinski definition) is 6. The number of carboxylic acids is 1. The minimum Gasteiger partial charge on any atom is -0.480 e. The first-order valence-electron chi connectivity index (χ1n) is 7.56. The Morgan fingerprint density at radius 2 is 1.62 bits per heavy atom. The Balaban J connectivity index is 4.73. The predicted molar refractivity (Wildman–Crippen MR) is 91.2 cm³/mol. The van der Waals surface area contributed by atoms with Crippen molar-refractivity contribution >= 4 is 36.3 Å². The summed E-state index contributed by atoms with van der Waals surface area (Å²) in [7, 11) is 0.